The fraction of sp³-hybridized carbons (Fsp3) is 0.600. The molecule has 0 saturated carbocycles. The first kappa shape index (κ1) is 23.7. The molecule has 6 nitrogen and oxygen atoms in total. The Morgan fingerprint density at radius 1 is 1.30 bits per heavy atom. The number of likely N-dealkylation sites (tertiary alicyclic amines) is 1. The third-order valence-corrected chi connectivity index (χ3v) is 4.72. The van der Waals surface area contributed by atoms with Crippen LogP contribution in [-0.4, -0.2) is 50.6 Å². The van der Waals surface area contributed by atoms with E-state index in [0.29, 0.717) is 25.5 Å². The van der Waals surface area contributed by atoms with Gasteiger partial charge in [-0.3, -0.25) is 4.79 Å². The normalized spacial score (nSPS) is 15.2. The van der Waals surface area contributed by atoms with Crippen molar-refractivity contribution >= 4 is 35.8 Å². The van der Waals surface area contributed by atoms with Gasteiger partial charge in [0.2, 0.25) is 5.91 Å². The average molecular weight is 488 g/mol. The molecule has 0 aromatic heterocycles. The Balaban J connectivity index is 0.00000364. The maximum atomic E-state index is 11.6. The topological polar surface area (TPSA) is 66.0 Å². The summed E-state index contributed by atoms with van der Waals surface area (Å²) in [5.41, 5.74) is 2.35. The maximum absolute atomic E-state index is 11.6. The molecule has 1 aliphatic rings. The molecule has 27 heavy (non-hydrogen) atoms. The summed E-state index contributed by atoms with van der Waals surface area (Å²) in [4.78, 5) is 18.7. The molecule has 1 heterocycles. The van der Waals surface area contributed by atoms with Gasteiger partial charge in [0.25, 0.3) is 0 Å². The van der Waals surface area contributed by atoms with E-state index in [-0.39, 0.29) is 29.9 Å². The summed E-state index contributed by atoms with van der Waals surface area (Å²) in [7, 11) is 3.41. The van der Waals surface area contributed by atoms with Crippen molar-refractivity contribution in [2.45, 2.75) is 39.3 Å². The largest absolute Gasteiger partial charge is 0.380 e. The summed E-state index contributed by atoms with van der Waals surface area (Å²) in [5.74, 6) is 1.57. The molecule has 0 bridgehead atoms. The number of hydrogen-bond acceptors (Lipinski definition) is 3. The van der Waals surface area contributed by atoms with Gasteiger partial charge >= 0.3 is 0 Å². The smallest absolute Gasteiger partial charge is 0.220 e. The highest BCUT2D eigenvalue weighted by atomic mass is 127. The summed E-state index contributed by atoms with van der Waals surface area (Å²) in [6.45, 7) is 6.09. The zero-order valence-corrected chi connectivity index (χ0v) is 19.0. The average Bonchev–Trinajstić information content (AvgIpc) is 2.66. The van der Waals surface area contributed by atoms with Crippen LogP contribution < -0.4 is 10.6 Å². The van der Waals surface area contributed by atoms with Gasteiger partial charge in [-0.25, -0.2) is 4.99 Å². The van der Waals surface area contributed by atoms with Gasteiger partial charge in [-0.15, -0.1) is 24.0 Å². The van der Waals surface area contributed by atoms with Gasteiger partial charge in [0, 0.05) is 40.2 Å². The molecule has 1 amide bonds. The number of methoxy groups -OCH3 is 1. The van der Waals surface area contributed by atoms with Crippen LogP contribution in [0.5, 0.6) is 0 Å². The molecule has 0 radical (unpaired) electrons. The van der Waals surface area contributed by atoms with E-state index in [1.807, 2.05) is 0 Å². The van der Waals surface area contributed by atoms with Crippen LogP contribution in [0.1, 0.15) is 37.3 Å². The van der Waals surface area contributed by atoms with Crippen molar-refractivity contribution in [3.05, 3.63) is 35.4 Å². The molecule has 1 aromatic rings. The summed E-state index contributed by atoms with van der Waals surface area (Å²) in [6.07, 6.45) is 2.69. The predicted molar refractivity (Wildman–Crippen MR) is 120 cm³/mol. The summed E-state index contributed by atoms with van der Waals surface area (Å²) < 4.78 is 5.20. The first-order valence-corrected chi connectivity index (χ1v) is 9.46. The Morgan fingerprint density at radius 2 is 2.00 bits per heavy atom. The highest BCUT2D eigenvalue weighted by Crippen LogP contribution is 2.20. The predicted octanol–water partition coefficient (Wildman–Crippen LogP) is 2.76. The Kier molecular flexibility index (Phi) is 11.3. The number of ether oxygens (including phenoxy) is 1. The van der Waals surface area contributed by atoms with Gasteiger partial charge in [-0.2, -0.15) is 0 Å². The van der Waals surface area contributed by atoms with E-state index in [2.05, 4.69) is 46.7 Å². The molecule has 2 N–H and O–H groups in total. The Bertz CT molecular complexity index is 601. The number of hydrogen-bond donors (Lipinski definition) is 2. The van der Waals surface area contributed by atoms with Gasteiger partial charge < -0.3 is 20.3 Å². The van der Waals surface area contributed by atoms with Crippen molar-refractivity contribution in [1.29, 1.82) is 0 Å². The lowest BCUT2D eigenvalue weighted by molar-refractivity contribution is -0.121. The molecule has 1 aliphatic heterocycles. The van der Waals surface area contributed by atoms with Gasteiger partial charge in [0.1, 0.15) is 0 Å². The molecule has 0 spiro atoms. The van der Waals surface area contributed by atoms with Gasteiger partial charge in [-0.05, 0) is 36.8 Å². The minimum atomic E-state index is 0. The second kappa shape index (κ2) is 12.9. The maximum Gasteiger partial charge on any atom is 0.220 e. The quantitative estimate of drug-likeness (QED) is 0.352. The molecule has 1 fully saturated rings. The second-order valence-electron chi connectivity index (χ2n) is 6.73. The number of rotatable bonds is 7. The summed E-state index contributed by atoms with van der Waals surface area (Å²) in [6, 6.07) is 8.36. The molecule has 1 aromatic carbocycles. The van der Waals surface area contributed by atoms with Crippen LogP contribution >= 0.6 is 24.0 Å². The number of piperidine rings is 1. The molecule has 0 unspecified atom stereocenters. The van der Waals surface area contributed by atoms with Crippen molar-refractivity contribution in [1.82, 2.24) is 15.5 Å². The number of carbonyl (C=O) groups is 1. The van der Waals surface area contributed by atoms with Crippen LogP contribution in [0.3, 0.4) is 0 Å². The van der Waals surface area contributed by atoms with E-state index in [0.717, 1.165) is 38.4 Å². The van der Waals surface area contributed by atoms with Crippen molar-refractivity contribution in [2.24, 2.45) is 10.9 Å². The van der Waals surface area contributed by atoms with Crippen molar-refractivity contribution < 1.29 is 9.53 Å². The van der Waals surface area contributed by atoms with Gasteiger partial charge in [-0.1, -0.05) is 24.3 Å². The third kappa shape index (κ3) is 8.04. The number of carbonyl (C=O) groups excluding carboxylic acids is 1. The minimum absolute atomic E-state index is 0. The van der Waals surface area contributed by atoms with Gasteiger partial charge in [0.15, 0.2) is 5.96 Å². The molecule has 7 heteroatoms. The van der Waals surface area contributed by atoms with E-state index in [9.17, 15) is 4.79 Å². The number of halogens is 1. The Morgan fingerprint density at radius 3 is 2.63 bits per heavy atom. The lowest BCUT2D eigenvalue weighted by atomic mass is 9.93. The Labute approximate surface area is 180 Å². The van der Waals surface area contributed by atoms with Gasteiger partial charge in [0.05, 0.1) is 13.2 Å². The van der Waals surface area contributed by atoms with Crippen LogP contribution in [0.4, 0.5) is 0 Å². The zero-order valence-electron chi connectivity index (χ0n) is 16.7. The zero-order chi connectivity index (χ0) is 18.8. The first-order valence-electron chi connectivity index (χ1n) is 9.46. The highest BCUT2D eigenvalue weighted by molar-refractivity contribution is 14.0. The fourth-order valence-electron chi connectivity index (χ4n) is 3.29. The van der Waals surface area contributed by atoms with E-state index >= 15 is 0 Å². The number of aliphatic imine (C=N–C) groups is 1. The SMILES string of the molecule is CCNC(=NCc1cccc(COC)c1)N1CCC(CC(=O)NC)CC1.I. The number of guanidine groups is 1. The van der Waals surface area contributed by atoms with Crippen LogP contribution in [0.15, 0.2) is 29.3 Å². The van der Waals surface area contributed by atoms with E-state index in [1.165, 1.54) is 11.1 Å². The molecule has 0 aliphatic carbocycles. The van der Waals surface area contributed by atoms with E-state index in [4.69, 9.17) is 9.73 Å². The second-order valence-corrected chi connectivity index (χ2v) is 6.73. The van der Waals surface area contributed by atoms with Crippen LogP contribution in [-0.2, 0) is 22.7 Å². The van der Waals surface area contributed by atoms with Crippen molar-refractivity contribution in [3.63, 3.8) is 0 Å². The monoisotopic (exact) mass is 488 g/mol. The Hall–Kier alpha value is -1.35. The number of benzene rings is 1. The summed E-state index contributed by atoms with van der Waals surface area (Å²) in [5, 5.41) is 6.12. The van der Waals surface area contributed by atoms with Crippen LogP contribution in [0.2, 0.25) is 0 Å². The minimum Gasteiger partial charge on any atom is -0.380 e. The molecular formula is C20H33IN4O2. The standard InChI is InChI=1S/C20H32N4O2.HI/c1-4-22-20(23-14-17-6-5-7-18(12-17)15-26-3)24-10-8-16(9-11-24)13-19(25)21-2;/h5-7,12,16H,4,8-11,13-15H2,1-3H3,(H,21,25)(H,22,23);1H. The molecule has 1 saturated heterocycles. The number of nitrogens with one attached hydrogen (secondary N) is 2. The van der Waals surface area contributed by atoms with E-state index < -0.39 is 0 Å². The van der Waals surface area contributed by atoms with E-state index in [1.54, 1.807) is 14.2 Å². The summed E-state index contributed by atoms with van der Waals surface area (Å²) >= 11 is 0. The number of amides is 1. The lowest BCUT2D eigenvalue weighted by Crippen LogP contribution is -2.46. The lowest BCUT2D eigenvalue weighted by Gasteiger charge is -2.34. The number of nitrogens with zero attached hydrogens (tertiary/aromatic N) is 2. The third-order valence-electron chi connectivity index (χ3n) is 4.72. The molecule has 2 rings (SSSR count). The first-order chi connectivity index (χ1) is 12.7. The van der Waals surface area contributed by atoms with Crippen LogP contribution in [0, 0.1) is 5.92 Å². The molecule has 0 atom stereocenters. The molecule has 152 valence electrons. The van der Waals surface area contributed by atoms with Crippen LogP contribution in [0.25, 0.3) is 0 Å². The van der Waals surface area contributed by atoms with Crippen molar-refractivity contribution in [3.8, 4) is 0 Å². The fourth-order valence-corrected chi connectivity index (χ4v) is 3.29. The van der Waals surface area contributed by atoms with Crippen molar-refractivity contribution in [2.75, 3.05) is 33.8 Å². The molecular weight excluding hydrogens is 455 g/mol. The highest BCUT2D eigenvalue weighted by Gasteiger charge is 2.23.